The maximum absolute atomic E-state index is 5.47. The number of pyridine rings is 1. The number of nitrogens with zero attached hydrogens (tertiary/aromatic N) is 2. The van der Waals surface area contributed by atoms with Crippen molar-refractivity contribution in [1.29, 1.82) is 0 Å². The van der Waals surface area contributed by atoms with E-state index in [1.165, 1.54) is 37.7 Å². The fourth-order valence-corrected chi connectivity index (χ4v) is 2.62. The van der Waals surface area contributed by atoms with E-state index in [2.05, 4.69) is 28.4 Å². The van der Waals surface area contributed by atoms with Crippen LogP contribution in [0.5, 0.6) is 0 Å². The van der Waals surface area contributed by atoms with Crippen molar-refractivity contribution in [3.8, 4) is 0 Å². The number of aromatic nitrogens is 1. The van der Waals surface area contributed by atoms with Gasteiger partial charge in [-0.1, -0.05) is 25.3 Å². The molecule has 0 spiro atoms. The molecule has 1 fully saturated rings. The van der Waals surface area contributed by atoms with E-state index in [0.717, 1.165) is 18.4 Å². The Morgan fingerprint density at radius 3 is 2.88 bits per heavy atom. The van der Waals surface area contributed by atoms with Gasteiger partial charge in [0.1, 0.15) is 5.82 Å². The van der Waals surface area contributed by atoms with Gasteiger partial charge in [0.2, 0.25) is 0 Å². The molecular weight excluding hydrogens is 212 g/mol. The molecule has 1 aliphatic rings. The third-order valence-corrected chi connectivity index (χ3v) is 3.65. The largest absolute Gasteiger partial charge is 0.308 e. The second-order valence-electron chi connectivity index (χ2n) is 4.86. The lowest BCUT2D eigenvalue weighted by atomic mass is 9.94. The molecular formula is C13H22N4. The highest BCUT2D eigenvalue weighted by atomic mass is 15.3. The van der Waals surface area contributed by atoms with E-state index >= 15 is 0 Å². The quantitative estimate of drug-likeness (QED) is 0.619. The summed E-state index contributed by atoms with van der Waals surface area (Å²) in [6.07, 6.45) is 8.53. The van der Waals surface area contributed by atoms with Crippen LogP contribution >= 0.6 is 0 Å². The fourth-order valence-electron chi connectivity index (χ4n) is 2.62. The van der Waals surface area contributed by atoms with E-state index in [1.807, 2.05) is 6.07 Å². The van der Waals surface area contributed by atoms with Gasteiger partial charge in [-0.3, -0.25) is 4.90 Å². The first-order chi connectivity index (χ1) is 8.31. The summed E-state index contributed by atoms with van der Waals surface area (Å²) in [6, 6.07) is 4.77. The highest BCUT2D eigenvalue weighted by Gasteiger charge is 2.18. The van der Waals surface area contributed by atoms with E-state index < -0.39 is 0 Å². The average Bonchev–Trinajstić information content (AvgIpc) is 2.40. The zero-order valence-corrected chi connectivity index (χ0v) is 10.5. The summed E-state index contributed by atoms with van der Waals surface area (Å²) >= 11 is 0. The van der Waals surface area contributed by atoms with Crippen molar-refractivity contribution < 1.29 is 0 Å². The van der Waals surface area contributed by atoms with Crippen molar-refractivity contribution in [1.82, 2.24) is 9.88 Å². The van der Waals surface area contributed by atoms with Crippen molar-refractivity contribution in [2.75, 3.05) is 12.5 Å². The van der Waals surface area contributed by atoms with Crippen LogP contribution in [0.1, 0.15) is 37.7 Å². The Bertz CT molecular complexity index is 347. The Kier molecular flexibility index (Phi) is 4.34. The molecule has 1 heterocycles. The first-order valence-corrected chi connectivity index (χ1v) is 6.42. The number of nitrogens with two attached hydrogens (primary N) is 1. The van der Waals surface area contributed by atoms with Gasteiger partial charge in [0.15, 0.2) is 0 Å². The van der Waals surface area contributed by atoms with Crippen LogP contribution < -0.4 is 11.3 Å². The Balaban J connectivity index is 1.99. The molecule has 4 heteroatoms. The van der Waals surface area contributed by atoms with Crippen LogP contribution in [0.2, 0.25) is 0 Å². The third kappa shape index (κ3) is 3.17. The minimum absolute atomic E-state index is 0.717. The van der Waals surface area contributed by atoms with Crippen LogP contribution in [0.15, 0.2) is 18.3 Å². The van der Waals surface area contributed by atoms with Crippen molar-refractivity contribution in [2.24, 2.45) is 5.84 Å². The molecule has 2 rings (SSSR count). The topological polar surface area (TPSA) is 54.2 Å². The summed E-state index contributed by atoms with van der Waals surface area (Å²) in [4.78, 5) is 6.66. The molecule has 17 heavy (non-hydrogen) atoms. The van der Waals surface area contributed by atoms with Gasteiger partial charge in [0.25, 0.3) is 0 Å². The molecule has 1 aliphatic carbocycles. The number of hydrazine groups is 1. The molecule has 0 atom stereocenters. The lowest BCUT2D eigenvalue weighted by molar-refractivity contribution is 0.184. The van der Waals surface area contributed by atoms with Gasteiger partial charge in [-0.15, -0.1) is 0 Å². The summed E-state index contributed by atoms with van der Waals surface area (Å²) < 4.78 is 0. The van der Waals surface area contributed by atoms with Crippen LogP contribution in [0.3, 0.4) is 0 Å². The van der Waals surface area contributed by atoms with E-state index in [0.29, 0.717) is 0 Å². The second-order valence-corrected chi connectivity index (χ2v) is 4.86. The zero-order chi connectivity index (χ0) is 12.1. The van der Waals surface area contributed by atoms with Crippen LogP contribution in [0.25, 0.3) is 0 Å². The van der Waals surface area contributed by atoms with Crippen molar-refractivity contribution in [3.05, 3.63) is 23.9 Å². The van der Waals surface area contributed by atoms with Crippen molar-refractivity contribution in [2.45, 2.75) is 44.7 Å². The highest BCUT2D eigenvalue weighted by molar-refractivity contribution is 5.42. The number of hydrogen-bond donors (Lipinski definition) is 2. The molecule has 94 valence electrons. The maximum atomic E-state index is 5.47. The van der Waals surface area contributed by atoms with Gasteiger partial charge in [-0.05, 0) is 26.0 Å². The Labute approximate surface area is 103 Å². The number of anilines is 1. The molecule has 1 aromatic rings. The molecule has 0 saturated heterocycles. The van der Waals surface area contributed by atoms with Gasteiger partial charge in [0.05, 0.1) is 0 Å². The lowest BCUT2D eigenvalue weighted by Gasteiger charge is -2.31. The summed E-state index contributed by atoms with van der Waals surface area (Å²) in [5, 5.41) is 0. The summed E-state index contributed by atoms with van der Waals surface area (Å²) in [7, 11) is 2.20. The monoisotopic (exact) mass is 234 g/mol. The number of nitrogens with one attached hydrogen (secondary N) is 1. The van der Waals surface area contributed by atoms with E-state index in [1.54, 1.807) is 6.20 Å². The number of rotatable bonds is 4. The standard InChI is InChI=1S/C13H22N4/c1-17(12-7-3-2-4-8-12)10-11-6-5-9-15-13(11)16-14/h5-6,9,12H,2-4,7-8,10,14H2,1H3,(H,15,16). The van der Waals surface area contributed by atoms with Gasteiger partial charge >= 0.3 is 0 Å². The van der Waals surface area contributed by atoms with Gasteiger partial charge in [-0.25, -0.2) is 10.8 Å². The van der Waals surface area contributed by atoms with Crippen LogP contribution in [0, 0.1) is 0 Å². The molecule has 0 bridgehead atoms. The number of nitrogen functional groups attached to an aromatic ring is 1. The molecule has 0 aliphatic heterocycles. The minimum Gasteiger partial charge on any atom is -0.308 e. The summed E-state index contributed by atoms with van der Waals surface area (Å²) in [5.41, 5.74) is 3.84. The molecule has 0 aromatic carbocycles. The molecule has 1 aromatic heterocycles. The molecule has 0 unspecified atom stereocenters. The van der Waals surface area contributed by atoms with Crippen molar-refractivity contribution >= 4 is 5.82 Å². The summed E-state index contributed by atoms with van der Waals surface area (Å²) in [6.45, 7) is 0.915. The maximum Gasteiger partial charge on any atom is 0.144 e. The lowest BCUT2D eigenvalue weighted by Crippen LogP contribution is -2.33. The smallest absolute Gasteiger partial charge is 0.144 e. The predicted molar refractivity (Wildman–Crippen MR) is 70.4 cm³/mol. The second kappa shape index (κ2) is 5.98. The Hall–Kier alpha value is -1.13. The first-order valence-electron chi connectivity index (χ1n) is 6.42. The number of hydrogen-bond acceptors (Lipinski definition) is 4. The average molecular weight is 234 g/mol. The van der Waals surface area contributed by atoms with Crippen LogP contribution in [-0.4, -0.2) is 23.0 Å². The third-order valence-electron chi connectivity index (χ3n) is 3.65. The van der Waals surface area contributed by atoms with Gasteiger partial charge < -0.3 is 5.43 Å². The Morgan fingerprint density at radius 1 is 1.41 bits per heavy atom. The van der Waals surface area contributed by atoms with Gasteiger partial charge in [-0.2, -0.15) is 0 Å². The molecule has 4 nitrogen and oxygen atoms in total. The fraction of sp³-hybridized carbons (Fsp3) is 0.615. The molecule has 0 amide bonds. The minimum atomic E-state index is 0.717. The molecule has 3 N–H and O–H groups in total. The molecule has 1 saturated carbocycles. The van der Waals surface area contributed by atoms with E-state index in [4.69, 9.17) is 5.84 Å². The van der Waals surface area contributed by atoms with Crippen molar-refractivity contribution in [3.63, 3.8) is 0 Å². The van der Waals surface area contributed by atoms with E-state index in [-0.39, 0.29) is 0 Å². The van der Waals surface area contributed by atoms with Gasteiger partial charge in [0, 0.05) is 24.3 Å². The van der Waals surface area contributed by atoms with E-state index in [9.17, 15) is 0 Å². The predicted octanol–water partition coefficient (Wildman–Crippen LogP) is 2.13. The normalized spacial score (nSPS) is 17.4. The first kappa shape index (κ1) is 12.3. The van der Waals surface area contributed by atoms with Crippen LogP contribution in [0.4, 0.5) is 5.82 Å². The highest BCUT2D eigenvalue weighted by Crippen LogP contribution is 2.23. The SMILES string of the molecule is CN(Cc1cccnc1NN)C1CCCCC1. The molecule has 0 radical (unpaired) electrons. The zero-order valence-electron chi connectivity index (χ0n) is 10.5. The Morgan fingerprint density at radius 2 is 2.18 bits per heavy atom. The van der Waals surface area contributed by atoms with Crippen LogP contribution in [-0.2, 0) is 6.54 Å². The summed E-state index contributed by atoms with van der Waals surface area (Å²) in [5.74, 6) is 6.26.